The number of aryl methyl sites for hydroxylation is 1. The minimum absolute atomic E-state index is 0.0197. The van der Waals surface area contributed by atoms with E-state index in [1.807, 2.05) is 19.2 Å². The molecule has 1 aliphatic carbocycles. The molecule has 1 heterocycles. The minimum Gasteiger partial charge on any atom is -0.492 e. The molecule has 0 fully saturated rings. The molecular formula is C18H22N2O. The van der Waals surface area contributed by atoms with Gasteiger partial charge in [0.05, 0.1) is 12.8 Å². The summed E-state index contributed by atoms with van der Waals surface area (Å²) in [6, 6.07) is 10.7. The zero-order valence-electron chi connectivity index (χ0n) is 12.5. The van der Waals surface area contributed by atoms with E-state index in [-0.39, 0.29) is 6.04 Å². The quantitative estimate of drug-likeness (QED) is 0.936. The summed E-state index contributed by atoms with van der Waals surface area (Å²) in [5.74, 6) is 1.28. The van der Waals surface area contributed by atoms with Crippen LogP contribution >= 0.6 is 0 Å². The number of hydrogen-bond acceptors (Lipinski definition) is 3. The van der Waals surface area contributed by atoms with Crippen molar-refractivity contribution in [2.24, 2.45) is 11.7 Å². The summed E-state index contributed by atoms with van der Waals surface area (Å²) in [7, 11) is 0. The fourth-order valence-corrected chi connectivity index (χ4v) is 3.17. The summed E-state index contributed by atoms with van der Waals surface area (Å²) in [6.07, 6.45) is 6.92. The number of nitrogens with two attached hydrogens (primary N) is 1. The van der Waals surface area contributed by atoms with Crippen LogP contribution in [0.3, 0.4) is 0 Å². The third kappa shape index (κ3) is 3.08. The van der Waals surface area contributed by atoms with Crippen molar-refractivity contribution in [3.05, 3.63) is 59.4 Å². The average Bonchev–Trinajstić information content (AvgIpc) is 2.54. The molecule has 0 amide bonds. The van der Waals surface area contributed by atoms with Crippen molar-refractivity contribution in [3.8, 4) is 5.75 Å². The molecule has 0 saturated heterocycles. The lowest BCUT2D eigenvalue weighted by atomic mass is 9.78. The normalized spacial score (nSPS) is 18.9. The molecular weight excluding hydrogens is 260 g/mol. The van der Waals surface area contributed by atoms with E-state index in [1.165, 1.54) is 11.1 Å². The Bertz CT molecular complexity index is 612. The van der Waals surface area contributed by atoms with Crippen molar-refractivity contribution >= 4 is 0 Å². The van der Waals surface area contributed by atoms with Crippen molar-refractivity contribution in [2.45, 2.75) is 32.2 Å². The maximum atomic E-state index is 6.50. The molecule has 0 bridgehead atoms. The molecule has 2 atom stereocenters. The summed E-state index contributed by atoms with van der Waals surface area (Å²) >= 11 is 0. The number of nitrogens with zero attached hydrogens (tertiary/aromatic N) is 1. The number of rotatable bonds is 4. The monoisotopic (exact) mass is 282 g/mol. The van der Waals surface area contributed by atoms with E-state index < -0.39 is 0 Å². The highest BCUT2D eigenvalue weighted by atomic mass is 16.5. The van der Waals surface area contributed by atoms with Gasteiger partial charge in [0, 0.05) is 12.2 Å². The Hall–Kier alpha value is -1.87. The van der Waals surface area contributed by atoms with Crippen LogP contribution in [0.25, 0.3) is 0 Å². The van der Waals surface area contributed by atoms with Crippen LogP contribution in [-0.4, -0.2) is 11.6 Å². The maximum absolute atomic E-state index is 6.50. The second-order valence-corrected chi connectivity index (χ2v) is 5.68. The lowest BCUT2D eigenvalue weighted by Crippen LogP contribution is -2.27. The smallest absolute Gasteiger partial charge is 0.137 e. The molecule has 0 aliphatic heterocycles. The van der Waals surface area contributed by atoms with E-state index >= 15 is 0 Å². The van der Waals surface area contributed by atoms with Crippen molar-refractivity contribution in [3.63, 3.8) is 0 Å². The summed E-state index contributed by atoms with van der Waals surface area (Å²) in [4.78, 5) is 4.26. The van der Waals surface area contributed by atoms with Crippen LogP contribution < -0.4 is 10.5 Å². The van der Waals surface area contributed by atoms with E-state index in [1.54, 1.807) is 6.20 Å². The topological polar surface area (TPSA) is 48.1 Å². The average molecular weight is 282 g/mol. The van der Waals surface area contributed by atoms with E-state index in [4.69, 9.17) is 10.5 Å². The number of aromatic nitrogens is 1. The lowest BCUT2D eigenvalue weighted by molar-refractivity contribution is 0.336. The molecule has 1 aromatic carbocycles. The molecule has 1 aromatic heterocycles. The zero-order chi connectivity index (χ0) is 14.7. The molecule has 3 rings (SSSR count). The van der Waals surface area contributed by atoms with Gasteiger partial charge in [0.2, 0.25) is 0 Å². The standard InChI is InChI=1S/C18H22N2O/c1-2-21-17-10-16(11-20-12-17)18(19)15-8-7-13-5-3-4-6-14(13)9-15/h3-6,10-12,15,18H,2,7-9,19H2,1H3. The number of benzene rings is 1. The third-order valence-corrected chi connectivity index (χ3v) is 4.32. The van der Waals surface area contributed by atoms with E-state index in [2.05, 4.69) is 29.2 Å². The van der Waals surface area contributed by atoms with E-state index in [0.717, 1.165) is 30.6 Å². The van der Waals surface area contributed by atoms with Gasteiger partial charge in [0.15, 0.2) is 0 Å². The maximum Gasteiger partial charge on any atom is 0.137 e. The van der Waals surface area contributed by atoms with Gasteiger partial charge < -0.3 is 10.5 Å². The van der Waals surface area contributed by atoms with Crippen molar-refractivity contribution in [2.75, 3.05) is 6.61 Å². The molecule has 0 radical (unpaired) electrons. The highest BCUT2D eigenvalue weighted by Crippen LogP contribution is 2.33. The number of pyridine rings is 1. The molecule has 2 unspecified atom stereocenters. The van der Waals surface area contributed by atoms with Gasteiger partial charge >= 0.3 is 0 Å². The molecule has 3 heteroatoms. The fourth-order valence-electron chi connectivity index (χ4n) is 3.17. The third-order valence-electron chi connectivity index (χ3n) is 4.32. The second-order valence-electron chi connectivity index (χ2n) is 5.68. The summed E-state index contributed by atoms with van der Waals surface area (Å²) < 4.78 is 5.52. The van der Waals surface area contributed by atoms with Gasteiger partial charge in [-0.25, -0.2) is 0 Å². The Morgan fingerprint density at radius 3 is 2.90 bits per heavy atom. The van der Waals surface area contributed by atoms with Crippen LogP contribution in [0, 0.1) is 5.92 Å². The number of ether oxygens (including phenoxy) is 1. The largest absolute Gasteiger partial charge is 0.492 e. The molecule has 2 aromatic rings. The highest BCUT2D eigenvalue weighted by molar-refractivity contribution is 5.32. The Kier molecular flexibility index (Phi) is 4.20. The van der Waals surface area contributed by atoms with Crippen LogP contribution in [0.5, 0.6) is 5.75 Å². The highest BCUT2D eigenvalue weighted by Gasteiger charge is 2.25. The van der Waals surface area contributed by atoms with Gasteiger partial charge in [-0.15, -0.1) is 0 Å². The molecule has 0 spiro atoms. The second kappa shape index (κ2) is 6.27. The van der Waals surface area contributed by atoms with Crippen molar-refractivity contribution in [1.82, 2.24) is 4.98 Å². The molecule has 3 nitrogen and oxygen atoms in total. The van der Waals surface area contributed by atoms with Crippen LogP contribution in [0.1, 0.15) is 36.1 Å². The van der Waals surface area contributed by atoms with Crippen molar-refractivity contribution < 1.29 is 4.74 Å². The van der Waals surface area contributed by atoms with Gasteiger partial charge in [0.25, 0.3) is 0 Å². The first-order valence-corrected chi connectivity index (χ1v) is 7.68. The summed E-state index contributed by atoms with van der Waals surface area (Å²) in [6.45, 7) is 2.63. The fraction of sp³-hybridized carbons (Fsp3) is 0.389. The Morgan fingerprint density at radius 2 is 2.10 bits per heavy atom. The van der Waals surface area contributed by atoms with Crippen molar-refractivity contribution in [1.29, 1.82) is 0 Å². The molecule has 0 saturated carbocycles. The van der Waals surface area contributed by atoms with Crippen LogP contribution in [0.4, 0.5) is 0 Å². The summed E-state index contributed by atoms with van der Waals surface area (Å²) in [5.41, 5.74) is 10.5. The van der Waals surface area contributed by atoms with Crippen LogP contribution in [0.2, 0.25) is 0 Å². The first kappa shape index (κ1) is 14.1. The first-order chi connectivity index (χ1) is 10.3. The lowest BCUT2D eigenvalue weighted by Gasteiger charge is -2.29. The van der Waals surface area contributed by atoms with Gasteiger partial charge in [-0.3, -0.25) is 4.98 Å². The number of hydrogen-bond donors (Lipinski definition) is 1. The summed E-state index contributed by atoms with van der Waals surface area (Å²) in [5, 5.41) is 0. The van der Waals surface area contributed by atoms with Gasteiger partial charge in [-0.1, -0.05) is 24.3 Å². The number of fused-ring (bicyclic) bond motifs is 1. The Morgan fingerprint density at radius 1 is 1.29 bits per heavy atom. The molecule has 1 aliphatic rings. The van der Waals surface area contributed by atoms with Crippen LogP contribution in [0.15, 0.2) is 42.7 Å². The van der Waals surface area contributed by atoms with Gasteiger partial charge in [0.1, 0.15) is 5.75 Å². The molecule has 21 heavy (non-hydrogen) atoms. The SMILES string of the molecule is CCOc1cncc(C(N)C2CCc3ccccc3C2)c1. The Labute approximate surface area is 126 Å². The van der Waals surface area contributed by atoms with E-state index in [9.17, 15) is 0 Å². The molecule has 2 N–H and O–H groups in total. The van der Waals surface area contributed by atoms with Crippen LogP contribution in [-0.2, 0) is 12.8 Å². The molecule has 110 valence electrons. The van der Waals surface area contributed by atoms with Gasteiger partial charge in [-0.2, -0.15) is 0 Å². The zero-order valence-corrected chi connectivity index (χ0v) is 12.5. The predicted octanol–water partition coefficient (Wildman–Crippen LogP) is 3.29. The van der Waals surface area contributed by atoms with E-state index in [0.29, 0.717) is 12.5 Å². The first-order valence-electron chi connectivity index (χ1n) is 7.68. The Balaban J connectivity index is 1.77. The minimum atomic E-state index is 0.0197. The van der Waals surface area contributed by atoms with Gasteiger partial charge in [-0.05, 0) is 54.9 Å². The predicted molar refractivity (Wildman–Crippen MR) is 84.3 cm³/mol.